The molecule has 1 N–H and O–H groups in total. The van der Waals surface area contributed by atoms with Crippen molar-refractivity contribution in [2.45, 2.75) is 39.2 Å². The largest absolute Gasteiger partial charge is 0.507 e. The van der Waals surface area contributed by atoms with Crippen LogP contribution in [-0.2, 0) is 10.9 Å². The molecular formula is C22H22F3N3O2. The molecule has 0 aliphatic carbocycles. The monoisotopic (exact) mass is 417 g/mol. The van der Waals surface area contributed by atoms with Gasteiger partial charge in [-0.25, -0.2) is 0 Å². The highest BCUT2D eigenvalue weighted by Crippen LogP contribution is 2.40. The van der Waals surface area contributed by atoms with E-state index in [2.05, 4.69) is 15.1 Å². The number of aromatic hydroxyl groups is 1. The number of benzene rings is 2. The number of nitrogens with zero attached hydrogens (tertiary/aromatic N) is 3. The number of alkyl halides is 3. The van der Waals surface area contributed by atoms with Gasteiger partial charge in [-0.1, -0.05) is 18.2 Å². The zero-order chi connectivity index (χ0) is 21.6. The summed E-state index contributed by atoms with van der Waals surface area (Å²) in [5.41, 5.74) is 0.612. The van der Waals surface area contributed by atoms with Gasteiger partial charge in [0.05, 0.1) is 17.8 Å². The zero-order valence-corrected chi connectivity index (χ0v) is 16.9. The van der Waals surface area contributed by atoms with Gasteiger partial charge in [-0.05, 0) is 44.5 Å². The lowest BCUT2D eigenvalue weighted by atomic mass is 9.99. The number of phenols is 1. The van der Waals surface area contributed by atoms with E-state index < -0.39 is 17.5 Å². The maximum atomic E-state index is 13.0. The average molecular weight is 417 g/mol. The summed E-state index contributed by atoms with van der Waals surface area (Å²) >= 11 is 0. The highest BCUT2D eigenvalue weighted by atomic mass is 19.4. The Kier molecular flexibility index (Phi) is 5.05. The molecule has 30 heavy (non-hydrogen) atoms. The number of aryl methyl sites for hydroxylation is 1. The van der Waals surface area contributed by atoms with Crippen LogP contribution in [0.15, 0.2) is 36.4 Å². The van der Waals surface area contributed by atoms with Crippen molar-refractivity contribution in [2.24, 2.45) is 0 Å². The first-order valence-corrected chi connectivity index (χ1v) is 9.72. The maximum absolute atomic E-state index is 13.0. The number of rotatable bonds is 2. The maximum Gasteiger partial charge on any atom is 0.416 e. The minimum atomic E-state index is -4.53. The molecule has 0 amide bonds. The van der Waals surface area contributed by atoms with E-state index in [-0.39, 0.29) is 17.8 Å². The second-order valence-electron chi connectivity index (χ2n) is 7.76. The van der Waals surface area contributed by atoms with Crippen molar-refractivity contribution in [3.05, 3.63) is 47.5 Å². The van der Waals surface area contributed by atoms with Gasteiger partial charge >= 0.3 is 6.18 Å². The third-order valence-electron chi connectivity index (χ3n) is 5.30. The summed E-state index contributed by atoms with van der Waals surface area (Å²) in [6, 6.07) is 8.56. The van der Waals surface area contributed by atoms with E-state index >= 15 is 0 Å². The summed E-state index contributed by atoms with van der Waals surface area (Å²) in [4.78, 5) is 2.12. The molecule has 2 heterocycles. The molecule has 8 heteroatoms. The summed E-state index contributed by atoms with van der Waals surface area (Å²) < 4.78 is 44.7. The van der Waals surface area contributed by atoms with Crippen LogP contribution in [0.3, 0.4) is 0 Å². The van der Waals surface area contributed by atoms with Crippen LogP contribution < -0.4 is 4.90 Å². The summed E-state index contributed by atoms with van der Waals surface area (Å²) in [6.07, 6.45) is -4.46. The molecule has 1 aromatic heterocycles. The number of anilines is 1. The van der Waals surface area contributed by atoms with E-state index in [0.29, 0.717) is 24.6 Å². The summed E-state index contributed by atoms with van der Waals surface area (Å²) in [5, 5.41) is 20.7. The quantitative estimate of drug-likeness (QED) is 0.640. The van der Waals surface area contributed by atoms with Crippen molar-refractivity contribution in [3.63, 3.8) is 0 Å². The SMILES string of the molecule is Cc1cccc2c(-c3ccc(C(F)(F)F)cc3O)nnc(N3C[C@@H](C)O[C@@H](C)C3)c12. The molecule has 2 aromatic carbocycles. The van der Waals surface area contributed by atoms with Crippen molar-refractivity contribution in [3.8, 4) is 17.0 Å². The highest BCUT2D eigenvalue weighted by molar-refractivity contribution is 6.03. The summed E-state index contributed by atoms with van der Waals surface area (Å²) in [7, 11) is 0. The molecule has 5 nitrogen and oxygen atoms in total. The fraction of sp³-hybridized carbons (Fsp3) is 0.364. The number of hydrogen-bond acceptors (Lipinski definition) is 5. The molecular weight excluding hydrogens is 395 g/mol. The first kappa shape index (κ1) is 20.4. The molecule has 4 rings (SSSR count). The zero-order valence-electron chi connectivity index (χ0n) is 16.9. The first-order valence-electron chi connectivity index (χ1n) is 9.72. The van der Waals surface area contributed by atoms with Gasteiger partial charge < -0.3 is 14.7 Å². The number of halogens is 3. The lowest BCUT2D eigenvalue weighted by molar-refractivity contribution is -0.137. The molecule has 0 saturated carbocycles. The normalized spacial score (nSPS) is 20.0. The van der Waals surface area contributed by atoms with Gasteiger partial charge in [0.25, 0.3) is 0 Å². The van der Waals surface area contributed by atoms with Gasteiger partial charge in [0.1, 0.15) is 11.4 Å². The van der Waals surface area contributed by atoms with Crippen LogP contribution >= 0.6 is 0 Å². The standard InChI is InChI=1S/C22H22F3N3O2/c1-12-5-4-6-17-19(12)21(28-10-13(2)30-14(3)11-28)27-26-20(17)16-8-7-15(9-18(16)29)22(23,24)25/h4-9,13-14,29H,10-11H2,1-3H3/t13-,14+. The van der Waals surface area contributed by atoms with E-state index in [4.69, 9.17) is 4.74 Å². The Morgan fingerprint density at radius 2 is 1.77 bits per heavy atom. The number of aromatic nitrogens is 2. The highest BCUT2D eigenvalue weighted by Gasteiger charge is 2.32. The molecule has 1 aliphatic rings. The predicted octanol–water partition coefficient (Wildman–Crippen LogP) is 4.94. The van der Waals surface area contributed by atoms with Crippen LogP contribution in [0.5, 0.6) is 5.75 Å². The second-order valence-corrected chi connectivity index (χ2v) is 7.76. The Balaban J connectivity index is 1.87. The third-order valence-corrected chi connectivity index (χ3v) is 5.30. The third kappa shape index (κ3) is 3.67. The van der Waals surface area contributed by atoms with Crippen LogP contribution in [-0.4, -0.2) is 40.6 Å². The molecule has 0 spiro atoms. The van der Waals surface area contributed by atoms with Crippen LogP contribution in [0, 0.1) is 6.92 Å². The predicted molar refractivity (Wildman–Crippen MR) is 109 cm³/mol. The van der Waals surface area contributed by atoms with Gasteiger partial charge in [0.2, 0.25) is 0 Å². The molecule has 3 aromatic rings. The molecule has 0 radical (unpaired) electrons. The molecule has 1 aliphatic heterocycles. The molecule has 0 bridgehead atoms. The van der Waals surface area contributed by atoms with Crippen molar-refractivity contribution >= 4 is 16.6 Å². The topological polar surface area (TPSA) is 58.5 Å². The Hall–Kier alpha value is -2.87. The Morgan fingerprint density at radius 1 is 1.07 bits per heavy atom. The Bertz CT molecular complexity index is 1090. The molecule has 1 fully saturated rings. The van der Waals surface area contributed by atoms with Crippen LogP contribution in [0.2, 0.25) is 0 Å². The molecule has 1 saturated heterocycles. The van der Waals surface area contributed by atoms with Gasteiger partial charge in [0.15, 0.2) is 5.82 Å². The smallest absolute Gasteiger partial charge is 0.416 e. The van der Waals surface area contributed by atoms with E-state index in [1.165, 1.54) is 6.07 Å². The number of hydrogen-bond donors (Lipinski definition) is 1. The van der Waals surface area contributed by atoms with Gasteiger partial charge in [-0.2, -0.15) is 13.2 Å². The lowest BCUT2D eigenvalue weighted by Gasteiger charge is -2.36. The lowest BCUT2D eigenvalue weighted by Crippen LogP contribution is -2.46. The minimum absolute atomic E-state index is 0.0354. The van der Waals surface area contributed by atoms with E-state index in [1.807, 2.05) is 39.0 Å². The van der Waals surface area contributed by atoms with Crippen molar-refractivity contribution in [1.82, 2.24) is 10.2 Å². The number of ether oxygens (including phenoxy) is 1. The summed E-state index contributed by atoms with van der Waals surface area (Å²) in [5.74, 6) is 0.226. The summed E-state index contributed by atoms with van der Waals surface area (Å²) in [6.45, 7) is 7.28. The fourth-order valence-electron chi connectivity index (χ4n) is 4.04. The number of fused-ring (bicyclic) bond motifs is 1. The van der Waals surface area contributed by atoms with Crippen LogP contribution in [0.25, 0.3) is 22.0 Å². The average Bonchev–Trinajstić information content (AvgIpc) is 2.66. The fourth-order valence-corrected chi connectivity index (χ4v) is 4.04. The van der Waals surface area contributed by atoms with Crippen molar-refractivity contribution < 1.29 is 23.0 Å². The van der Waals surface area contributed by atoms with Crippen LogP contribution in [0.4, 0.5) is 19.0 Å². The van der Waals surface area contributed by atoms with E-state index in [9.17, 15) is 18.3 Å². The molecule has 158 valence electrons. The van der Waals surface area contributed by atoms with Gasteiger partial charge in [-0.3, -0.25) is 0 Å². The van der Waals surface area contributed by atoms with E-state index in [0.717, 1.165) is 28.5 Å². The Morgan fingerprint density at radius 3 is 2.40 bits per heavy atom. The van der Waals surface area contributed by atoms with Gasteiger partial charge in [0, 0.05) is 29.4 Å². The van der Waals surface area contributed by atoms with Gasteiger partial charge in [-0.15, -0.1) is 10.2 Å². The first-order chi connectivity index (χ1) is 14.1. The van der Waals surface area contributed by atoms with Crippen molar-refractivity contribution in [2.75, 3.05) is 18.0 Å². The molecule has 0 unspecified atom stereocenters. The van der Waals surface area contributed by atoms with Crippen molar-refractivity contribution in [1.29, 1.82) is 0 Å². The molecule has 2 atom stereocenters. The Labute approximate surface area is 172 Å². The number of phenolic OH excluding ortho intramolecular Hbond substituents is 1. The van der Waals surface area contributed by atoms with Crippen LogP contribution in [0.1, 0.15) is 25.0 Å². The minimum Gasteiger partial charge on any atom is -0.507 e. The van der Waals surface area contributed by atoms with E-state index in [1.54, 1.807) is 0 Å². The second kappa shape index (κ2) is 7.43. The number of morpholine rings is 1.